The molecule has 2 aromatic carbocycles. The Balaban J connectivity index is 2.30. The van der Waals surface area contributed by atoms with Gasteiger partial charge in [-0.05, 0) is 31.2 Å². The van der Waals surface area contributed by atoms with E-state index in [4.69, 9.17) is 23.2 Å². The summed E-state index contributed by atoms with van der Waals surface area (Å²) < 4.78 is 0. The van der Waals surface area contributed by atoms with Gasteiger partial charge in [0.1, 0.15) is 0 Å². The lowest BCUT2D eigenvalue weighted by Crippen LogP contribution is -2.20. The molecule has 0 aliphatic carbocycles. The highest BCUT2D eigenvalue weighted by Crippen LogP contribution is 2.28. The minimum Gasteiger partial charge on any atom is -0.373 e. The Morgan fingerprint density at radius 2 is 1.86 bits per heavy atom. The van der Waals surface area contributed by atoms with Crippen LogP contribution in [0.2, 0.25) is 10.0 Å². The van der Waals surface area contributed by atoms with Crippen LogP contribution < -0.4 is 10.2 Å². The highest BCUT2D eigenvalue weighted by atomic mass is 35.5. The fraction of sp³-hybridized carbons (Fsp3) is 0.188. The smallest absolute Gasteiger partial charge is 0.257 e. The van der Waals surface area contributed by atoms with Crippen LogP contribution in [0, 0.1) is 0 Å². The van der Waals surface area contributed by atoms with Crippen molar-refractivity contribution in [2.75, 3.05) is 23.8 Å². The Hall–Kier alpha value is -1.71. The van der Waals surface area contributed by atoms with Gasteiger partial charge in [-0.1, -0.05) is 41.4 Å². The number of hydrogen-bond donors (Lipinski definition) is 1. The van der Waals surface area contributed by atoms with Gasteiger partial charge in [0.2, 0.25) is 0 Å². The molecule has 0 spiro atoms. The number of carbonyl (C=O) groups excluding carboxylic acids is 1. The van der Waals surface area contributed by atoms with Crippen molar-refractivity contribution in [2.45, 2.75) is 6.92 Å². The molecular formula is C16H16Cl2N2O. The third-order valence-corrected chi connectivity index (χ3v) is 4.05. The number of nitrogens with zero attached hydrogens (tertiary/aromatic N) is 1. The summed E-state index contributed by atoms with van der Waals surface area (Å²) in [6, 6.07) is 12.6. The second-order valence-electron chi connectivity index (χ2n) is 4.59. The van der Waals surface area contributed by atoms with Crippen molar-refractivity contribution < 1.29 is 4.79 Å². The molecule has 0 aliphatic rings. The average molecular weight is 323 g/mol. The van der Waals surface area contributed by atoms with Crippen LogP contribution in [0.25, 0.3) is 0 Å². The molecule has 110 valence electrons. The molecule has 21 heavy (non-hydrogen) atoms. The number of nitrogens with one attached hydrogen (secondary N) is 1. The van der Waals surface area contributed by atoms with E-state index in [2.05, 4.69) is 10.2 Å². The highest BCUT2D eigenvalue weighted by Gasteiger charge is 2.14. The van der Waals surface area contributed by atoms with Crippen LogP contribution in [-0.2, 0) is 0 Å². The van der Waals surface area contributed by atoms with Gasteiger partial charge in [-0.25, -0.2) is 0 Å². The number of halogens is 2. The highest BCUT2D eigenvalue weighted by molar-refractivity contribution is 6.44. The number of rotatable bonds is 4. The zero-order valence-electron chi connectivity index (χ0n) is 11.9. The molecule has 0 bridgehead atoms. The first-order valence-electron chi connectivity index (χ1n) is 6.60. The first-order chi connectivity index (χ1) is 10.0. The zero-order chi connectivity index (χ0) is 15.4. The Labute approximate surface area is 134 Å². The fourth-order valence-corrected chi connectivity index (χ4v) is 2.34. The number of anilines is 2. The Kier molecular flexibility index (Phi) is 5.10. The number of carbonyl (C=O) groups is 1. The van der Waals surface area contributed by atoms with Crippen LogP contribution in [0.15, 0.2) is 42.5 Å². The SMILES string of the molecule is CCN(C)c1ccccc1NC(=O)c1cccc(Cl)c1Cl. The summed E-state index contributed by atoms with van der Waals surface area (Å²) in [5, 5.41) is 3.51. The molecule has 0 atom stereocenters. The molecule has 5 heteroatoms. The van der Waals surface area contributed by atoms with E-state index in [1.165, 1.54) is 0 Å². The lowest BCUT2D eigenvalue weighted by molar-refractivity contribution is 0.102. The summed E-state index contributed by atoms with van der Waals surface area (Å²) in [6.07, 6.45) is 0. The molecule has 3 nitrogen and oxygen atoms in total. The number of benzene rings is 2. The molecule has 0 unspecified atom stereocenters. The maximum atomic E-state index is 12.4. The van der Waals surface area contributed by atoms with Crippen molar-refractivity contribution in [3.8, 4) is 0 Å². The Morgan fingerprint density at radius 3 is 2.57 bits per heavy atom. The van der Waals surface area contributed by atoms with Gasteiger partial charge in [0.25, 0.3) is 5.91 Å². The normalized spacial score (nSPS) is 10.3. The van der Waals surface area contributed by atoms with E-state index in [0.29, 0.717) is 10.6 Å². The molecule has 0 radical (unpaired) electrons. The zero-order valence-corrected chi connectivity index (χ0v) is 13.4. The van der Waals surface area contributed by atoms with Crippen LogP contribution in [0.4, 0.5) is 11.4 Å². The maximum Gasteiger partial charge on any atom is 0.257 e. The van der Waals surface area contributed by atoms with E-state index in [1.807, 2.05) is 38.2 Å². The average Bonchev–Trinajstić information content (AvgIpc) is 2.49. The van der Waals surface area contributed by atoms with Crippen LogP contribution in [0.1, 0.15) is 17.3 Å². The summed E-state index contributed by atoms with van der Waals surface area (Å²) in [5.74, 6) is -0.278. The second kappa shape index (κ2) is 6.83. The number of para-hydroxylation sites is 2. The Bertz CT molecular complexity index is 658. The lowest BCUT2D eigenvalue weighted by atomic mass is 10.2. The molecular weight excluding hydrogens is 307 g/mol. The van der Waals surface area contributed by atoms with Crippen molar-refractivity contribution in [1.82, 2.24) is 0 Å². The molecule has 1 N–H and O–H groups in total. The minimum absolute atomic E-state index is 0.262. The van der Waals surface area contributed by atoms with Crippen molar-refractivity contribution in [1.29, 1.82) is 0 Å². The predicted octanol–water partition coefficient (Wildman–Crippen LogP) is 4.70. The van der Waals surface area contributed by atoms with E-state index < -0.39 is 0 Å². The quantitative estimate of drug-likeness (QED) is 0.884. The molecule has 1 amide bonds. The molecule has 0 aromatic heterocycles. The molecule has 0 heterocycles. The van der Waals surface area contributed by atoms with Gasteiger partial charge < -0.3 is 10.2 Å². The van der Waals surface area contributed by atoms with Gasteiger partial charge in [0.15, 0.2) is 0 Å². The predicted molar refractivity (Wildman–Crippen MR) is 89.8 cm³/mol. The first-order valence-corrected chi connectivity index (χ1v) is 7.35. The van der Waals surface area contributed by atoms with Crippen molar-refractivity contribution in [3.05, 3.63) is 58.1 Å². The number of amides is 1. The molecule has 0 saturated carbocycles. The summed E-state index contributed by atoms with van der Waals surface area (Å²) >= 11 is 12.0. The largest absolute Gasteiger partial charge is 0.373 e. The molecule has 2 aromatic rings. The first kappa shape index (κ1) is 15.7. The summed E-state index contributed by atoms with van der Waals surface area (Å²) in [4.78, 5) is 14.4. The van der Waals surface area contributed by atoms with Gasteiger partial charge >= 0.3 is 0 Å². The van der Waals surface area contributed by atoms with Gasteiger partial charge in [0.05, 0.1) is 27.0 Å². The minimum atomic E-state index is -0.278. The van der Waals surface area contributed by atoms with E-state index in [0.717, 1.165) is 17.9 Å². The topological polar surface area (TPSA) is 32.3 Å². The van der Waals surface area contributed by atoms with E-state index in [-0.39, 0.29) is 10.9 Å². The fourth-order valence-electron chi connectivity index (χ4n) is 1.95. The van der Waals surface area contributed by atoms with Crippen molar-refractivity contribution in [2.24, 2.45) is 0 Å². The summed E-state index contributed by atoms with van der Waals surface area (Å²) in [6.45, 7) is 2.89. The van der Waals surface area contributed by atoms with Crippen molar-refractivity contribution >= 4 is 40.5 Å². The Morgan fingerprint density at radius 1 is 1.14 bits per heavy atom. The van der Waals surface area contributed by atoms with Gasteiger partial charge in [-0.15, -0.1) is 0 Å². The van der Waals surface area contributed by atoms with Gasteiger partial charge in [-0.3, -0.25) is 4.79 Å². The van der Waals surface area contributed by atoms with Gasteiger partial charge in [-0.2, -0.15) is 0 Å². The summed E-state index contributed by atoms with van der Waals surface area (Å²) in [5.41, 5.74) is 2.05. The third-order valence-electron chi connectivity index (χ3n) is 3.23. The molecule has 0 saturated heterocycles. The maximum absolute atomic E-state index is 12.4. The van der Waals surface area contributed by atoms with Crippen LogP contribution in [-0.4, -0.2) is 19.5 Å². The van der Waals surface area contributed by atoms with Crippen molar-refractivity contribution in [3.63, 3.8) is 0 Å². The molecule has 0 aliphatic heterocycles. The van der Waals surface area contributed by atoms with E-state index in [1.54, 1.807) is 18.2 Å². The molecule has 2 rings (SSSR count). The van der Waals surface area contributed by atoms with Gasteiger partial charge in [0, 0.05) is 13.6 Å². The van der Waals surface area contributed by atoms with E-state index in [9.17, 15) is 4.79 Å². The molecule has 0 fully saturated rings. The lowest BCUT2D eigenvalue weighted by Gasteiger charge is -2.21. The standard InChI is InChI=1S/C16H16Cl2N2O/c1-3-20(2)14-10-5-4-9-13(14)19-16(21)11-7-6-8-12(17)15(11)18/h4-10H,3H2,1-2H3,(H,19,21). The summed E-state index contributed by atoms with van der Waals surface area (Å²) in [7, 11) is 1.97. The monoisotopic (exact) mass is 322 g/mol. The van der Waals surface area contributed by atoms with Crippen LogP contribution >= 0.6 is 23.2 Å². The van der Waals surface area contributed by atoms with Crippen LogP contribution in [0.5, 0.6) is 0 Å². The van der Waals surface area contributed by atoms with Crippen LogP contribution in [0.3, 0.4) is 0 Å². The van der Waals surface area contributed by atoms with E-state index >= 15 is 0 Å². The third kappa shape index (κ3) is 3.49. The number of hydrogen-bond acceptors (Lipinski definition) is 2. The second-order valence-corrected chi connectivity index (χ2v) is 5.37.